The van der Waals surface area contributed by atoms with E-state index in [4.69, 9.17) is 4.74 Å². The van der Waals surface area contributed by atoms with Crippen LogP contribution in [0.15, 0.2) is 36.7 Å². The number of H-pyrrole nitrogens is 1. The molecule has 206 valence electrons. The molecule has 1 N–H and O–H groups in total. The number of anilines is 1. The number of benzene rings is 1. The van der Waals surface area contributed by atoms with Crippen molar-refractivity contribution in [3.05, 3.63) is 47.8 Å². The number of amides is 2. The molecule has 1 spiro atoms. The van der Waals surface area contributed by atoms with Crippen LogP contribution in [0.2, 0.25) is 0 Å². The van der Waals surface area contributed by atoms with E-state index in [0.29, 0.717) is 55.6 Å². The Balaban J connectivity index is 1.20. The summed E-state index contributed by atoms with van der Waals surface area (Å²) in [5.41, 5.74) is 2.50. The molecule has 11 heteroatoms. The summed E-state index contributed by atoms with van der Waals surface area (Å²) in [7, 11) is 0. The van der Waals surface area contributed by atoms with Gasteiger partial charge >= 0.3 is 6.18 Å². The highest BCUT2D eigenvalue weighted by atomic mass is 19.4. The molecular formula is C28H30F3N5O3. The molecule has 1 saturated heterocycles. The maximum Gasteiger partial charge on any atom is 0.391 e. The van der Waals surface area contributed by atoms with Gasteiger partial charge in [0.15, 0.2) is 5.65 Å². The molecule has 2 aliphatic heterocycles. The minimum absolute atomic E-state index is 0.0922. The Morgan fingerprint density at radius 1 is 1.21 bits per heavy atom. The summed E-state index contributed by atoms with van der Waals surface area (Å²) in [6.07, 6.45) is 1.15. The molecule has 1 saturated carbocycles. The fraction of sp³-hybridized carbons (Fsp3) is 0.500. The van der Waals surface area contributed by atoms with Crippen molar-refractivity contribution < 1.29 is 27.5 Å². The van der Waals surface area contributed by atoms with Gasteiger partial charge in [0.05, 0.1) is 30.3 Å². The third-order valence-corrected chi connectivity index (χ3v) is 8.49. The fourth-order valence-corrected chi connectivity index (χ4v) is 6.74. The molecule has 4 heterocycles. The third-order valence-electron chi connectivity index (χ3n) is 8.49. The quantitative estimate of drug-likeness (QED) is 0.501. The zero-order valence-electron chi connectivity index (χ0n) is 21.6. The Labute approximate surface area is 223 Å². The predicted octanol–water partition coefficient (Wildman–Crippen LogP) is 4.82. The highest BCUT2D eigenvalue weighted by molar-refractivity contribution is 6.11. The molecule has 1 aromatic carbocycles. The lowest BCUT2D eigenvalue weighted by Gasteiger charge is -2.37. The fourth-order valence-electron chi connectivity index (χ4n) is 6.74. The minimum atomic E-state index is -4.34. The van der Waals surface area contributed by atoms with E-state index in [1.165, 1.54) is 9.80 Å². The van der Waals surface area contributed by atoms with Crippen LogP contribution in [0.5, 0.6) is 5.75 Å². The molecule has 0 unspecified atom stereocenters. The van der Waals surface area contributed by atoms with Crippen LogP contribution < -0.4 is 9.64 Å². The van der Waals surface area contributed by atoms with E-state index in [1.54, 1.807) is 12.4 Å². The normalized spacial score (nSPS) is 25.1. The maximum atomic E-state index is 14.0. The Bertz CT molecular complexity index is 1410. The topological polar surface area (TPSA) is 91.4 Å². The number of hydrogen-bond acceptors (Lipinski definition) is 5. The zero-order chi connectivity index (χ0) is 27.4. The highest BCUT2D eigenvalue weighted by Crippen LogP contribution is 2.51. The second kappa shape index (κ2) is 9.53. The average Bonchev–Trinajstić information content (AvgIpc) is 3.60. The van der Waals surface area contributed by atoms with Gasteiger partial charge in [0.2, 0.25) is 11.8 Å². The predicted molar refractivity (Wildman–Crippen MR) is 137 cm³/mol. The second-order valence-electron chi connectivity index (χ2n) is 10.9. The number of halogens is 3. The van der Waals surface area contributed by atoms with Gasteiger partial charge in [-0.1, -0.05) is 12.1 Å². The van der Waals surface area contributed by atoms with E-state index < -0.39 is 30.0 Å². The number of pyridine rings is 1. The van der Waals surface area contributed by atoms with Gasteiger partial charge in [-0.25, -0.2) is 4.98 Å². The Kier molecular flexibility index (Phi) is 6.27. The van der Waals surface area contributed by atoms with Crippen molar-refractivity contribution >= 4 is 28.5 Å². The highest BCUT2D eigenvalue weighted by Gasteiger charge is 2.54. The summed E-state index contributed by atoms with van der Waals surface area (Å²) >= 11 is 0. The zero-order valence-corrected chi connectivity index (χ0v) is 21.6. The maximum absolute atomic E-state index is 14.0. The number of carbonyl (C=O) groups excluding carboxylic acids is 2. The standard InChI is InChI=1S/C28H30F3N5O3/c1-17-4-2-6-22-24(17)27(9-7-20(8-10-27)39-21-12-18-14-33-34-25(18)32-15-21)26(38)36(22)16-23(37)35-11-3-5-19(35)13-28(29,30)31/h2,4,6,12,14-15,19-20H,3,5,7-11,13,16H2,1H3,(H,32,33,34)/t19-,20?,27?/m0/s1. The molecule has 3 aromatic rings. The summed E-state index contributed by atoms with van der Waals surface area (Å²) in [5.74, 6) is 0.0656. The van der Waals surface area contributed by atoms with Crippen molar-refractivity contribution in [2.45, 2.75) is 75.6 Å². The van der Waals surface area contributed by atoms with Gasteiger partial charge in [-0.2, -0.15) is 18.3 Å². The molecule has 0 radical (unpaired) electrons. The first-order valence-electron chi connectivity index (χ1n) is 13.4. The molecule has 1 aliphatic carbocycles. The van der Waals surface area contributed by atoms with Crippen LogP contribution in [-0.2, 0) is 15.0 Å². The van der Waals surface area contributed by atoms with E-state index in [0.717, 1.165) is 16.5 Å². The van der Waals surface area contributed by atoms with Crippen molar-refractivity contribution in [1.29, 1.82) is 0 Å². The SMILES string of the molecule is Cc1cccc2c1C1(CCC(Oc3cnc4[nH]ncc4c3)CC1)C(=O)N2CC(=O)N1CCC[C@H]1CC(F)(F)F. The van der Waals surface area contributed by atoms with Crippen molar-refractivity contribution in [2.24, 2.45) is 0 Å². The van der Waals surface area contributed by atoms with Crippen LogP contribution in [0.4, 0.5) is 18.9 Å². The number of aryl methyl sites for hydroxylation is 1. The van der Waals surface area contributed by atoms with E-state index in [-0.39, 0.29) is 25.1 Å². The second-order valence-corrected chi connectivity index (χ2v) is 10.9. The monoisotopic (exact) mass is 541 g/mol. The molecule has 2 fully saturated rings. The first-order valence-corrected chi connectivity index (χ1v) is 13.4. The number of rotatable bonds is 5. The van der Waals surface area contributed by atoms with Gasteiger partial charge in [-0.3, -0.25) is 14.7 Å². The summed E-state index contributed by atoms with van der Waals surface area (Å²) in [6.45, 7) is 2.00. The van der Waals surface area contributed by atoms with Gasteiger partial charge in [-0.15, -0.1) is 0 Å². The molecule has 8 nitrogen and oxygen atoms in total. The summed E-state index contributed by atoms with van der Waals surface area (Å²) in [6, 6.07) is 6.67. The molecule has 3 aliphatic rings. The first-order chi connectivity index (χ1) is 18.6. The van der Waals surface area contributed by atoms with Gasteiger partial charge in [0.25, 0.3) is 0 Å². The van der Waals surface area contributed by atoms with Crippen LogP contribution in [0.3, 0.4) is 0 Å². The molecule has 2 amide bonds. The lowest BCUT2D eigenvalue weighted by atomic mass is 9.68. The van der Waals surface area contributed by atoms with Crippen LogP contribution in [0.1, 0.15) is 56.1 Å². The van der Waals surface area contributed by atoms with Crippen LogP contribution in [-0.4, -0.2) is 63.3 Å². The van der Waals surface area contributed by atoms with Crippen molar-refractivity contribution in [3.63, 3.8) is 0 Å². The molecule has 0 bridgehead atoms. The molecule has 39 heavy (non-hydrogen) atoms. The Morgan fingerprint density at radius 3 is 2.77 bits per heavy atom. The molecule has 1 atom stereocenters. The lowest BCUT2D eigenvalue weighted by molar-refractivity contribution is -0.151. The summed E-state index contributed by atoms with van der Waals surface area (Å²) in [4.78, 5) is 34.5. The van der Waals surface area contributed by atoms with Crippen LogP contribution in [0.25, 0.3) is 11.0 Å². The molecule has 6 rings (SSSR count). The van der Waals surface area contributed by atoms with Crippen LogP contribution in [0, 0.1) is 6.92 Å². The number of alkyl halides is 3. The number of likely N-dealkylation sites (tertiary alicyclic amines) is 1. The van der Waals surface area contributed by atoms with Crippen molar-refractivity contribution in [1.82, 2.24) is 20.1 Å². The Hall–Kier alpha value is -3.63. The first kappa shape index (κ1) is 25.6. The number of carbonyl (C=O) groups is 2. The number of ether oxygens (including phenoxy) is 1. The minimum Gasteiger partial charge on any atom is -0.489 e. The molecular weight excluding hydrogens is 511 g/mol. The number of nitrogens with one attached hydrogen (secondary N) is 1. The number of aromatic nitrogens is 3. The van der Waals surface area contributed by atoms with Gasteiger partial charge in [0.1, 0.15) is 12.3 Å². The van der Waals surface area contributed by atoms with Crippen molar-refractivity contribution in [2.75, 3.05) is 18.0 Å². The van der Waals surface area contributed by atoms with E-state index in [2.05, 4.69) is 15.2 Å². The number of nitrogens with zero attached hydrogens (tertiary/aromatic N) is 4. The van der Waals surface area contributed by atoms with E-state index in [1.807, 2.05) is 31.2 Å². The Morgan fingerprint density at radius 2 is 2.00 bits per heavy atom. The smallest absolute Gasteiger partial charge is 0.391 e. The molecule has 2 aromatic heterocycles. The van der Waals surface area contributed by atoms with Gasteiger partial charge < -0.3 is 14.5 Å². The van der Waals surface area contributed by atoms with Crippen molar-refractivity contribution in [3.8, 4) is 5.75 Å². The summed E-state index contributed by atoms with van der Waals surface area (Å²) < 4.78 is 45.5. The number of aromatic amines is 1. The van der Waals surface area contributed by atoms with Gasteiger partial charge in [-0.05, 0) is 68.7 Å². The van der Waals surface area contributed by atoms with E-state index in [9.17, 15) is 22.8 Å². The van der Waals surface area contributed by atoms with E-state index >= 15 is 0 Å². The van der Waals surface area contributed by atoms with Crippen LogP contribution >= 0.6 is 0 Å². The number of fused-ring (bicyclic) bond motifs is 3. The summed E-state index contributed by atoms with van der Waals surface area (Å²) in [5, 5.41) is 7.65. The average molecular weight is 542 g/mol. The number of hydrogen-bond donors (Lipinski definition) is 1. The largest absolute Gasteiger partial charge is 0.489 e. The van der Waals surface area contributed by atoms with Gasteiger partial charge in [0, 0.05) is 23.7 Å². The third kappa shape index (κ3) is 4.61. The lowest BCUT2D eigenvalue weighted by Crippen LogP contribution is -2.49.